The molecule has 0 spiro atoms. The number of carboxylic acids is 1. The first-order valence-corrected chi connectivity index (χ1v) is 19.1. The predicted molar refractivity (Wildman–Crippen MR) is 190 cm³/mol. The van der Waals surface area contributed by atoms with Gasteiger partial charge in [0.2, 0.25) is 0 Å². The highest BCUT2D eigenvalue weighted by atomic mass is 19.1. The second-order valence-electron chi connectivity index (χ2n) is 19.5. The molecule has 0 aliphatic heterocycles. The van der Waals surface area contributed by atoms with Gasteiger partial charge in [0.1, 0.15) is 6.67 Å². The van der Waals surface area contributed by atoms with Crippen molar-refractivity contribution < 1.29 is 19.4 Å². The van der Waals surface area contributed by atoms with Crippen LogP contribution in [0.4, 0.5) is 4.39 Å². The van der Waals surface area contributed by atoms with E-state index in [0.29, 0.717) is 48.9 Å². The fraction of sp³-hybridized carbons (Fsp3) is 0.833. The quantitative estimate of drug-likeness (QED) is 0.229. The number of halogens is 1. The van der Waals surface area contributed by atoms with Crippen molar-refractivity contribution >= 4 is 5.97 Å². The van der Waals surface area contributed by atoms with Gasteiger partial charge in [0.15, 0.2) is 0 Å². The normalized spacial score (nSPS) is 45.9. The van der Waals surface area contributed by atoms with Crippen molar-refractivity contribution in [2.45, 2.75) is 150 Å². The first kappa shape index (κ1) is 35.4. The van der Waals surface area contributed by atoms with Gasteiger partial charge in [-0.25, -0.2) is 4.39 Å². The van der Waals surface area contributed by atoms with Crippen molar-refractivity contribution in [2.75, 3.05) is 13.2 Å². The number of fused-ring (bicyclic) bond motifs is 7. The second kappa shape index (κ2) is 11.5. The molecule has 4 fully saturated rings. The van der Waals surface area contributed by atoms with Gasteiger partial charge in [-0.2, -0.15) is 0 Å². The van der Waals surface area contributed by atoms with E-state index in [-0.39, 0.29) is 27.2 Å². The Morgan fingerprint density at radius 2 is 1.68 bits per heavy atom. The van der Waals surface area contributed by atoms with Crippen molar-refractivity contribution in [1.29, 1.82) is 0 Å². The van der Waals surface area contributed by atoms with E-state index in [4.69, 9.17) is 0 Å². The molecule has 0 aromatic heterocycles. The summed E-state index contributed by atoms with van der Waals surface area (Å²) in [5, 5.41) is 24.4. The minimum atomic E-state index is -1.25. The van der Waals surface area contributed by atoms with Crippen LogP contribution in [0.5, 0.6) is 0 Å². The first-order valence-electron chi connectivity index (χ1n) is 19.1. The van der Waals surface area contributed by atoms with Crippen molar-refractivity contribution in [3.05, 3.63) is 35.5 Å². The van der Waals surface area contributed by atoms with Crippen LogP contribution in [0.3, 0.4) is 0 Å². The zero-order chi connectivity index (χ0) is 34.4. The summed E-state index contributed by atoms with van der Waals surface area (Å²) in [5.41, 5.74) is 3.08. The van der Waals surface area contributed by atoms with E-state index in [1.54, 1.807) is 0 Å². The van der Waals surface area contributed by atoms with Crippen LogP contribution in [0.1, 0.15) is 139 Å². The molecule has 5 heteroatoms. The number of carbonyl (C=O) groups is 1. The summed E-state index contributed by atoms with van der Waals surface area (Å²) in [4.78, 5) is 11.9. The Kier molecular flexibility index (Phi) is 8.68. The van der Waals surface area contributed by atoms with E-state index in [1.165, 1.54) is 68.1 Å². The number of hydrogen-bond acceptors (Lipinski definition) is 3. The molecular formula is C42H66FNO3. The van der Waals surface area contributed by atoms with Crippen LogP contribution in [0.25, 0.3) is 0 Å². The lowest BCUT2D eigenvalue weighted by atomic mass is 9.33. The maximum atomic E-state index is 13.9. The summed E-state index contributed by atoms with van der Waals surface area (Å²) >= 11 is 0. The summed E-state index contributed by atoms with van der Waals surface area (Å²) in [6.45, 7) is 23.7. The summed E-state index contributed by atoms with van der Waals surface area (Å²) < 4.78 is 13.9. The first-order chi connectivity index (χ1) is 21.8. The molecule has 6 aliphatic carbocycles. The van der Waals surface area contributed by atoms with Gasteiger partial charge in [0.05, 0.1) is 11.0 Å². The molecule has 0 amide bonds. The van der Waals surface area contributed by atoms with Gasteiger partial charge in [0, 0.05) is 5.54 Å². The molecule has 1 unspecified atom stereocenters. The Hall–Kier alpha value is -1.46. The second-order valence-corrected chi connectivity index (χ2v) is 19.5. The van der Waals surface area contributed by atoms with Gasteiger partial charge < -0.3 is 15.5 Å². The van der Waals surface area contributed by atoms with Crippen LogP contribution in [-0.2, 0) is 4.79 Å². The summed E-state index contributed by atoms with van der Waals surface area (Å²) in [5.74, 6) is 2.10. The minimum Gasteiger partial charge on any atom is -0.481 e. The van der Waals surface area contributed by atoms with E-state index in [2.05, 4.69) is 65.6 Å². The van der Waals surface area contributed by atoms with Gasteiger partial charge in [-0.15, -0.1) is 0 Å². The summed E-state index contributed by atoms with van der Waals surface area (Å²) in [6.07, 6.45) is 17.9. The third-order valence-corrected chi connectivity index (χ3v) is 16.5. The highest BCUT2D eigenvalue weighted by molar-refractivity contribution is 5.75. The number of nitrogens with one attached hydrogen (secondary N) is 1. The Balaban J connectivity index is 1.30. The largest absolute Gasteiger partial charge is 0.481 e. The van der Waals surface area contributed by atoms with Crippen LogP contribution in [0.15, 0.2) is 35.5 Å². The number of aliphatic carboxylic acids is 1. The van der Waals surface area contributed by atoms with Gasteiger partial charge in [0.25, 0.3) is 0 Å². The molecule has 3 N–H and O–H groups in total. The summed E-state index contributed by atoms with van der Waals surface area (Å²) in [6, 6.07) is 0. The molecule has 0 heterocycles. The average molecular weight is 652 g/mol. The maximum Gasteiger partial charge on any atom is 0.312 e. The Morgan fingerprint density at radius 3 is 2.28 bits per heavy atom. The number of rotatable bonds is 8. The lowest BCUT2D eigenvalue weighted by Crippen LogP contribution is -2.68. The van der Waals surface area contributed by atoms with Crippen LogP contribution in [-0.4, -0.2) is 40.5 Å². The summed E-state index contributed by atoms with van der Waals surface area (Å²) in [7, 11) is 0. The molecule has 4 saturated carbocycles. The minimum absolute atomic E-state index is 0.000519. The van der Waals surface area contributed by atoms with E-state index in [1.807, 2.05) is 13.8 Å². The molecule has 47 heavy (non-hydrogen) atoms. The Morgan fingerprint density at radius 1 is 0.957 bits per heavy atom. The van der Waals surface area contributed by atoms with Gasteiger partial charge >= 0.3 is 5.97 Å². The van der Waals surface area contributed by atoms with Gasteiger partial charge in [-0.1, -0.05) is 58.9 Å². The molecule has 10 atom stereocenters. The smallest absolute Gasteiger partial charge is 0.312 e. The number of carboxylic acid groups (broad SMARTS) is 1. The van der Waals surface area contributed by atoms with Crippen LogP contribution < -0.4 is 5.32 Å². The lowest BCUT2D eigenvalue weighted by molar-refractivity contribution is -0.221. The van der Waals surface area contributed by atoms with Crippen molar-refractivity contribution in [3.63, 3.8) is 0 Å². The lowest BCUT2D eigenvalue weighted by Gasteiger charge is -2.72. The van der Waals surface area contributed by atoms with E-state index in [0.717, 1.165) is 19.4 Å². The van der Waals surface area contributed by atoms with Gasteiger partial charge in [-0.05, 0) is 173 Å². The standard InChI is InChI=1S/C42H66FNO3/c1-27(2)29-14-21-42(44-25-24-36(3,4)47)23-22-39(8)31(34(29)42)10-11-33-38(7)17-15-30(37(5,6)32(38)16-18-40(33,39)9)28-12-19-41(26-43,20-13-28)35(45)46/h12,15,29,31-34,44,47H,1,10-11,13-14,16-26H2,2-9H3,(H,45,46)/t29-,31+,32-,33+,34+,38-,39+,40+,41-,42?/m0/s1. The zero-order valence-electron chi connectivity index (χ0n) is 31.0. The average Bonchev–Trinajstić information content (AvgIpc) is 3.37. The molecule has 4 nitrogen and oxygen atoms in total. The highest BCUT2D eigenvalue weighted by Crippen LogP contribution is 2.76. The predicted octanol–water partition coefficient (Wildman–Crippen LogP) is 9.83. The highest BCUT2D eigenvalue weighted by Gasteiger charge is 2.70. The molecular weight excluding hydrogens is 585 g/mol. The zero-order valence-corrected chi connectivity index (χ0v) is 31.0. The Bertz CT molecular complexity index is 1340. The molecule has 264 valence electrons. The molecule has 6 rings (SSSR count). The topological polar surface area (TPSA) is 69.6 Å². The molecule has 0 aromatic carbocycles. The van der Waals surface area contributed by atoms with E-state index in [9.17, 15) is 19.4 Å². The van der Waals surface area contributed by atoms with Crippen LogP contribution in [0, 0.1) is 56.7 Å². The van der Waals surface area contributed by atoms with Crippen molar-refractivity contribution in [2.24, 2.45) is 56.7 Å². The molecule has 0 saturated heterocycles. The van der Waals surface area contributed by atoms with E-state index < -0.39 is 23.7 Å². The fourth-order valence-corrected chi connectivity index (χ4v) is 13.7. The van der Waals surface area contributed by atoms with Gasteiger partial charge in [-0.3, -0.25) is 4.79 Å². The molecule has 0 aromatic rings. The molecule has 6 aliphatic rings. The third-order valence-electron chi connectivity index (χ3n) is 16.5. The number of aliphatic hydroxyl groups is 1. The van der Waals surface area contributed by atoms with E-state index >= 15 is 0 Å². The number of hydrogen-bond donors (Lipinski definition) is 3. The SMILES string of the molecule is C=C(C)[C@@H]1CCC2(NCCC(C)(C)O)CC[C@]3(C)[C@H](CC[C@@H]4[C@@]5(C)CC=C(C6=CC[C@](CF)(C(=O)O)CC6)C(C)(C)[C@@H]5CC[C@]43C)[C@@H]12. The third kappa shape index (κ3) is 5.20. The van der Waals surface area contributed by atoms with Crippen molar-refractivity contribution in [3.8, 4) is 0 Å². The maximum absolute atomic E-state index is 13.9. The van der Waals surface area contributed by atoms with Crippen molar-refractivity contribution in [1.82, 2.24) is 5.32 Å². The number of allylic oxidation sites excluding steroid dienone is 5. The van der Waals surface area contributed by atoms with Crippen LogP contribution >= 0.6 is 0 Å². The fourth-order valence-electron chi connectivity index (χ4n) is 13.7. The Labute approximate surface area is 285 Å². The monoisotopic (exact) mass is 652 g/mol. The van der Waals surface area contributed by atoms with Crippen LogP contribution in [0.2, 0.25) is 0 Å². The molecule has 0 radical (unpaired) electrons. The molecule has 0 bridgehead atoms. The number of alkyl halides is 1.